The molecule has 6 heteroatoms. The van der Waals surface area contributed by atoms with Crippen LogP contribution < -0.4 is 5.32 Å². The topological polar surface area (TPSA) is 48.5 Å². The normalized spacial score (nSPS) is 15.8. The number of rotatable bonds is 8. The number of carbonyl (C=O) groups is 1. The Morgan fingerprint density at radius 1 is 1.14 bits per heavy atom. The van der Waals surface area contributed by atoms with Crippen LogP contribution >= 0.6 is 11.3 Å². The molecule has 29 heavy (non-hydrogen) atoms. The maximum Gasteiger partial charge on any atom is 0.263 e. The van der Waals surface area contributed by atoms with Crippen molar-refractivity contribution in [2.45, 2.75) is 47.2 Å². The van der Waals surface area contributed by atoms with Gasteiger partial charge in [-0.3, -0.25) is 9.69 Å². The van der Waals surface area contributed by atoms with Gasteiger partial charge in [0, 0.05) is 45.7 Å². The lowest BCUT2D eigenvalue weighted by atomic mass is 10.1. The SMILES string of the molecule is CCN1CCN(Cc2ccccc2CNC(=O)c2sc(CC(C)C)nc2C)CC1. The summed E-state index contributed by atoms with van der Waals surface area (Å²) < 4.78 is 0. The Labute approximate surface area is 179 Å². The predicted octanol–water partition coefficient (Wildman–Crippen LogP) is 3.72. The molecule has 1 fully saturated rings. The zero-order valence-electron chi connectivity index (χ0n) is 18.2. The minimum absolute atomic E-state index is 0.0126. The predicted molar refractivity (Wildman–Crippen MR) is 120 cm³/mol. The molecule has 5 nitrogen and oxygen atoms in total. The van der Waals surface area contributed by atoms with Crippen molar-refractivity contribution >= 4 is 17.2 Å². The van der Waals surface area contributed by atoms with Crippen LogP contribution in [0, 0.1) is 12.8 Å². The molecule has 0 atom stereocenters. The van der Waals surface area contributed by atoms with Crippen molar-refractivity contribution in [3.8, 4) is 0 Å². The lowest BCUT2D eigenvalue weighted by Gasteiger charge is -2.34. The molecule has 1 N–H and O–H groups in total. The fourth-order valence-electron chi connectivity index (χ4n) is 3.74. The number of nitrogens with one attached hydrogen (secondary N) is 1. The van der Waals surface area contributed by atoms with Crippen LogP contribution in [0.4, 0.5) is 0 Å². The number of hydrogen-bond acceptors (Lipinski definition) is 5. The number of carbonyl (C=O) groups excluding carboxylic acids is 1. The third-order valence-electron chi connectivity index (χ3n) is 5.49. The minimum Gasteiger partial charge on any atom is -0.347 e. The van der Waals surface area contributed by atoms with Gasteiger partial charge in [0.15, 0.2) is 0 Å². The highest BCUT2D eigenvalue weighted by Crippen LogP contribution is 2.21. The second kappa shape index (κ2) is 10.3. The second-order valence-corrected chi connectivity index (χ2v) is 9.37. The van der Waals surface area contributed by atoms with Crippen LogP contribution in [0.5, 0.6) is 0 Å². The molecule has 1 aliphatic heterocycles. The molecule has 158 valence electrons. The molecular formula is C23H34N4OS. The third-order valence-corrected chi connectivity index (χ3v) is 6.67. The number of amides is 1. The Morgan fingerprint density at radius 2 is 1.79 bits per heavy atom. The fraction of sp³-hybridized carbons (Fsp3) is 0.565. The number of aromatic nitrogens is 1. The van der Waals surface area contributed by atoms with Crippen molar-refractivity contribution < 1.29 is 4.79 Å². The Bertz CT molecular complexity index is 809. The van der Waals surface area contributed by atoms with E-state index < -0.39 is 0 Å². The standard InChI is InChI=1S/C23H34N4OS/c1-5-26-10-12-27(13-11-26)16-20-9-7-6-8-19(20)15-24-23(28)22-18(4)25-21(29-22)14-17(2)3/h6-9,17H,5,10-16H2,1-4H3,(H,24,28). The number of benzene rings is 1. The van der Waals surface area contributed by atoms with E-state index in [2.05, 4.69) is 65.1 Å². The van der Waals surface area contributed by atoms with Gasteiger partial charge >= 0.3 is 0 Å². The molecule has 1 aliphatic rings. The number of piperazine rings is 1. The van der Waals surface area contributed by atoms with Crippen molar-refractivity contribution in [1.82, 2.24) is 20.1 Å². The zero-order chi connectivity index (χ0) is 20.8. The first-order chi connectivity index (χ1) is 14.0. The summed E-state index contributed by atoms with van der Waals surface area (Å²) in [6, 6.07) is 8.46. The van der Waals surface area contributed by atoms with Crippen molar-refractivity contribution in [3.63, 3.8) is 0 Å². The second-order valence-electron chi connectivity index (χ2n) is 8.28. The van der Waals surface area contributed by atoms with E-state index in [1.165, 1.54) is 22.5 Å². The van der Waals surface area contributed by atoms with Crippen LogP contribution in [0.15, 0.2) is 24.3 Å². The van der Waals surface area contributed by atoms with Gasteiger partial charge in [-0.05, 0) is 30.5 Å². The Hall–Kier alpha value is -1.76. The number of nitrogens with zero attached hydrogens (tertiary/aromatic N) is 3. The van der Waals surface area contributed by atoms with Crippen molar-refractivity contribution in [3.05, 3.63) is 51.0 Å². The van der Waals surface area contributed by atoms with Gasteiger partial charge in [-0.1, -0.05) is 45.0 Å². The van der Waals surface area contributed by atoms with Crippen LogP contribution in [0.3, 0.4) is 0 Å². The summed E-state index contributed by atoms with van der Waals surface area (Å²) in [7, 11) is 0. The van der Waals surface area contributed by atoms with Gasteiger partial charge in [0.25, 0.3) is 5.91 Å². The van der Waals surface area contributed by atoms with Crippen LogP contribution in [-0.4, -0.2) is 53.4 Å². The average Bonchev–Trinajstić information content (AvgIpc) is 3.07. The van der Waals surface area contributed by atoms with E-state index in [0.717, 1.165) is 61.3 Å². The first kappa shape index (κ1) is 21.9. The highest BCUT2D eigenvalue weighted by Gasteiger charge is 2.18. The van der Waals surface area contributed by atoms with E-state index in [1.54, 1.807) is 0 Å². The monoisotopic (exact) mass is 414 g/mol. The van der Waals surface area contributed by atoms with Gasteiger partial charge in [0.05, 0.1) is 10.7 Å². The molecule has 1 amide bonds. The van der Waals surface area contributed by atoms with Crippen LogP contribution in [0.2, 0.25) is 0 Å². The van der Waals surface area contributed by atoms with Gasteiger partial charge in [-0.25, -0.2) is 4.98 Å². The van der Waals surface area contributed by atoms with E-state index in [1.807, 2.05) is 6.92 Å². The molecule has 1 aromatic heterocycles. The summed E-state index contributed by atoms with van der Waals surface area (Å²) in [5.41, 5.74) is 3.34. The van der Waals surface area contributed by atoms with Gasteiger partial charge in [0.1, 0.15) is 4.88 Å². The molecule has 0 aliphatic carbocycles. The summed E-state index contributed by atoms with van der Waals surface area (Å²) in [6.07, 6.45) is 0.924. The quantitative estimate of drug-likeness (QED) is 0.715. The van der Waals surface area contributed by atoms with Gasteiger partial charge in [-0.2, -0.15) is 0 Å². The minimum atomic E-state index is -0.0126. The fourth-order valence-corrected chi connectivity index (χ4v) is 4.94. The van der Waals surface area contributed by atoms with Gasteiger partial charge in [0.2, 0.25) is 0 Å². The van der Waals surface area contributed by atoms with E-state index in [0.29, 0.717) is 12.5 Å². The zero-order valence-corrected chi connectivity index (χ0v) is 19.0. The number of likely N-dealkylation sites (N-methyl/N-ethyl adjacent to an activating group) is 1. The maximum absolute atomic E-state index is 12.8. The van der Waals surface area contributed by atoms with Crippen LogP contribution in [-0.2, 0) is 19.5 Å². The summed E-state index contributed by atoms with van der Waals surface area (Å²) >= 11 is 1.53. The Morgan fingerprint density at radius 3 is 2.45 bits per heavy atom. The van der Waals surface area contributed by atoms with Gasteiger partial charge < -0.3 is 10.2 Å². The van der Waals surface area contributed by atoms with E-state index in [9.17, 15) is 4.79 Å². The highest BCUT2D eigenvalue weighted by atomic mass is 32.1. The van der Waals surface area contributed by atoms with Crippen molar-refractivity contribution in [2.24, 2.45) is 5.92 Å². The van der Waals surface area contributed by atoms with E-state index in [-0.39, 0.29) is 5.91 Å². The molecule has 0 bridgehead atoms. The molecule has 0 radical (unpaired) electrons. The summed E-state index contributed by atoms with van der Waals surface area (Å²) in [5, 5.41) is 4.17. The molecule has 0 saturated carbocycles. The van der Waals surface area contributed by atoms with Crippen molar-refractivity contribution in [1.29, 1.82) is 0 Å². The molecule has 3 rings (SSSR count). The molecule has 0 unspecified atom stereocenters. The number of hydrogen-bond donors (Lipinski definition) is 1. The molecule has 1 saturated heterocycles. The summed E-state index contributed by atoms with van der Waals surface area (Å²) in [4.78, 5) is 23.1. The summed E-state index contributed by atoms with van der Waals surface area (Å²) in [5.74, 6) is 0.531. The molecule has 0 spiro atoms. The summed E-state index contributed by atoms with van der Waals surface area (Å²) in [6.45, 7) is 15.6. The maximum atomic E-state index is 12.8. The van der Waals surface area contributed by atoms with E-state index in [4.69, 9.17) is 0 Å². The largest absolute Gasteiger partial charge is 0.347 e. The highest BCUT2D eigenvalue weighted by molar-refractivity contribution is 7.13. The van der Waals surface area contributed by atoms with Crippen molar-refractivity contribution in [2.75, 3.05) is 32.7 Å². The number of aryl methyl sites for hydroxylation is 1. The average molecular weight is 415 g/mol. The number of thiazole rings is 1. The third kappa shape index (κ3) is 6.11. The first-order valence-electron chi connectivity index (χ1n) is 10.7. The lowest BCUT2D eigenvalue weighted by Crippen LogP contribution is -2.45. The van der Waals surface area contributed by atoms with E-state index >= 15 is 0 Å². The lowest BCUT2D eigenvalue weighted by molar-refractivity contribution is 0.0954. The molecule has 2 aromatic rings. The molecular weight excluding hydrogens is 380 g/mol. The Balaban J connectivity index is 1.60. The molecule has 2 heterocycles. The van der Waals surface area contributed by atoms with Crippen LogP contribution in [0.25, 0.3) is 0 Å². The molecule has 1 aromatic carbocycles. The van der Waals surface area contributed by atoms with Gasteiger partial charge in [-0.15, -0.1) is 11.3 Å². The smallest absolute Gasteiger partial charge is 0.263 e. The first-order valence-corrected chi connectivity index (χ1v) is 11.5. The Kier molecular flexibility index (Phi) is 7.81. The van der Waals surface area contributed by atoms with Crippen LogP contribution in [0.1, 0.15) is 52.3 Å².